The largest absolute Gasteiger partial charge is 0.481 e. The first-order chi connectivity index (χ1) is 17.2. The van der Waals surface area contributed by atoms with Gasteiger partial charge < -0.3 is 24.1 Å². The second-order valence-electron chi connectivity index (χ2n) is 13.4. The third-order valence-electron chi connectivity index (χ3n) is 12.0. The van der Waals surface area contributed by atoms with Crippen molar-refractivity contribution in [2.24, 2.45) is 57.7 Å². The third-order valence-corrected chi connectivity index (χ3v) is 12.0. The van der Waals surface area contributed by atoms with Crippen molar-refractivity contribution in [3.8, 4) is 0 Å². The van der Waals surface area contributed by atoms with Crippen LogP contribution in [0.15, 0.2) is 11.6 Å². The highest BCUT2D eigenvalue weighted by molar-refractivity contribution is 5.90. The molecule has 0 aromatic carbocycles. The number of carbonyl (C=O) groups excluding carboxylic acids is 1. The minimum atomic E-state index is -1.18. The Labute approximate surface area is 215 Å². The summed E-state index contributed by atoms with van der Waals surface area (Å²) in [5.74, 6) is 1.28. The number of fused-ring (bicyclic) bond motifs is 3. The topological polar surface area (TPSA) is 82.1 Å². The molecule has 5 fully saturated rings. The standard InChI is InChI=1S/C30H44O6/c1-6-19-13-34-26-18(5)36-25(10-21(19)26)35-15-29-12-22-17(4)7-8-23(22)28(14-31)11-20(29)9-24(16(2)3)30(28,29)27(32)33/h9,14,16-23,25-26H,6-8,10-13,15H2,1-5H3,(H,32,33)/t17-,18-,19-,20?,21?,22?,23?,25-,26?,28-,29?,30?/m1/s1. The maximum absolute atomic E-state index is 13.6. The molecule has 2 saturated heterocycles. The molecule has 0 radical (unpaired) electrons. The highest BCUT2D eigenvalue weighted by Gasteiger charge is 2.84. The van der Waals surface area contributed by atoms with Gasteiger partial charge in [0.05, 0.1) is 30.8 Å². The van der Waals surface area contributed by atoms with Gasteiger partial charge in [0.15, 0.2) is 6.29 Å². The molecule has 0 amide bonds. The molecule has 200 valence electrons. The second kappa shape index (κ2) is 8.38. The van der Waals surface area contributed by atoms with E-state index in [1.54, 1.807) is 0 Å². The van der Waals surface area contributed by atoms with Crippen LogP contribution >= 0.6 is 0 Å². The molecule has 2 heterocycles. The fourth-order valence-corrected chi connectivity index (χ4v) is 10.6. The maximum Gasteiger partial charge on any atom is 0.315 e. The van der Waals surface area contributed by atoms with E-state index in [1.807, 2.05) is 0 Å². The van der Waals surface area contributed by atoms with Crippen LogP contribution in [0.2, 0.25) is 0 Å². The quantitative estimate of drug-likeness (QED) is 0.387. The van der Waals surface area contributed by atoms with Gasteiger partial charge in [-0.25, -0.2) is 0 Å². The molecule has 0 aromatic rings. The Kier molecular flexibility index (Phi) is 5.83. The van der Waals surface area contributed by atoms with Gasteiger partial charge >= 0.3 is 5.97 Å². The maximum atomic E-state index is 13.6. The number of carboxylic acid groups (broad SMARTS) is 1. The minimum absolute atomic E-state index is 0.0412. The zero-order valence-corrected chi connectivity index (χ0v) is 22.6. The van der Waals surface area contributed by atoms with Crippen molar-refractivity contribution in [2.75, 3.05) is 13.2 Å². The normalized spacial score (nSPS) is 52.8. The molecule has 1 N–H and O–H groups in total. The number of hydrogen-bond donors (Lipinski definition) is 1. The van der Waals surface area contributed by atoms with E-state index in [-0.39, 0.29) is 36.3 Å². The first kappa shape index (κ1) is 25.1. The second-order valence-corrected chi connectivity index (χ2v) is 13.4. The average molecular weight is 501 g/mol. The number of aliphatic carboxylic acids is 1. The van der Waals surface area contributed by atoms with Crippen molar-refractivity contribution < 1.29 is 28.9 Å². The van der Waals surface area contributed by atoms with Crippen LogP contribution in [0.25, 0.3) is 0 Å². The van der Waals surface area contributed by atoms with Crippen LogP contribution in [-0.2, 0) is 23.8 Å². The Morgan fingerprint density at radius 3 is 2.69 bits per heavy atom. The van der Waals surface area contributed by atoms with Gasteiger partial charge in [0.2, 0.25) is 0 Å². The molecule has 2 aliphatic heterocycles. The molecule has 7 unspecified atom stereocenters. The lowest BCUT2D eigenvalue weighted by molar-refractivity contribution is -0.251. The van der Waals surface area contributed by atoms with Crippen molar-refractivity contribution in [1.82, 2.24) is 0 Å². The fourth-order valence-electron chi connectivity index (χ4n) is 10.6. The van der Waals surface area contributed by atoms with Gasteiger partial charge in [0, 0.05) is 11.8 Å². The van der Waals surface area contributed by atoms with Gasteiger partial charge in [-0.05, 0) is 67.6 Å². The van der Waals surface area contributed by atoms with Crippen LogP contribution < -0.4 is 0 Å². The van der Waals surface area contributed by atoms with E-state index < -0.39 is 22.2 Å². The fraction of sp³-hybridized carbons (Fsp3) is 0.867. The highest BCUT2D eigenvalue weighted by Crippen LogP contribution is 2.82. The minimum Gasteiger partial charge on any atom is -0.481 e. The molecular weight excluding hydrogens is 456 g/mol. The smallest absolute Gasteiger partial charge is 0.315 e. The van der Waals surface area contributed by atoms with Gasteiger partial charge in [-0.1, -0.05) is 52.2 Å². The van der Waals surface area contributed by atoms with Crippen LogP contribution in [0.1, 0.15) is 73.1 Å². The van der Waals surface area contributed by atoms with Gasteiger partial charge in [-0.2, -0.15) is 0 Å². The Balaban J connectivity index is 1.37. The summed E-state index contributed by atoms with van der Waals surface area (Å²) in [5.41, 5.74) is -1.66. The van der Waals surface area contributed by atoms with Gasteiger partial charge in [-0.3, -0.25) is 4.79 Å². The van der Waals surface area contributed by atoms with E-state index in [0.29, 0.717) is 36.7 Å². The zero-order valence-electron chi connectivity index (χ0n) is 22.6. The van der Waals surface area contributed by atoms with E-state index in [1.165, 1.54) is 0 Å². The Morgan fingerprint density at radius 2 is 2.03 bits per heavy atom. The predicted octanol–water partition coefficient (Wildman–Crippen LogP) is 5.10. The number of carboxylic acids is 1. The van der Waals surface area contributed by atoms with E-state index in [2.05, 4.69) is 40.7 Å². The summed E-state index contributed by atoms with van der Waals surface area (Å²) in [6.45, 7) is 11.9. The van der Waals surface area contributed by atoms with Crippen LogP contribution in [0.5, 0.6) is 0 Å². The molecule has 12 atom stereocenters. The van der Waals surface area contributed by atoms with E-state index in [0.717, 1.165) is 50.6 Å². The third kappa shape index (κ3) is 2.85. The lowest BCUT2D eigenvalue weighted by Gasteiger charge is -2.58. The molecule has 3 saturated carbocycles. The molecule has 36 heavy (non-hydrogen) atoms. The monoisotopic (exact) mass is 500 g/mol. The Bertz CT molecular complexity index is 959. The van der Waals surface area contributed by atoms with Gasteiger partial charge in [0.1, 0.15) is 11.7 Å². The molecule has 6 nitrogen and oxygen atoms in total. The number of carbonyl (C=O) groups is 2. The van der Waals surface area contributed by atoms with Crippen LogP contribution in [-0.4, -0.2) is 49.1 Å². The van der Waals surface area contributed by atoms with E-state index in [9.17, 15) is 14.7 Å². The summed E-state index contributed by atoms with van der Waals surface area (Å²) in [5, 5.41) is 11.1. The predicted molar refractivity (Wildman–Crippen MR) is 134 cm³/mol. The first-order valence-electron chi connectivity index (χ1n) is 14.5. The molecule has 6 heteroatoms. The summed E-state index contributed by atoms with van der Waals surface area (Å²) in [6.07, 6.45) is 8.44. The zero-order chi connectivity index (χ0) is 25.6. The molecule has 6 aliphatic rings. The van der Waals surface area contributed by atoms with Crippen molar-refractivity contribution >= 4 is 12.3 Å². The lowest BCUT2D eigenvalue weighted by atomic mass is 9.43. The first-order valence-corrected chi connectivity index (χ1v) is 14.5. The summed E-state index contributed by atoms with van der Waals surface area (Å²) < 4.78 is 19.1. The summed E-state index contributed by atoms with van der Waals surface area (Å²) >= 11 is 0. The molecule has 4 bridgehead atoms. The summed E-state index contributed by atoms with van der Waals surface area (Å²) in [7, 11) is 0. The Morgan fingerprint density at radius 1 is 1.25 bits per heavy atom. The van der Waals surface area contributed by atoms with Crippen molar-refractivity contribution in [3.05, 3.63) is 11.6 Å². The van der Waals surface area contributed by atoms with E-state index >= 15 is 0 Å². The van der Waals surface area contributed by atoms with Crippen LogP contribution in [0.3, 0.4) is 0 Å². The Hall–Kier alpha value is -1.24. The molecule has 6 rings (SSSR count). The van der Waals surface area contributed by atoms with Crippen LogP contribution in [0.4, 0.5) is 0 Å². The number of allylic oxidation sites excluding steroid dienone is 1. The molecular formula is C30H44O6. The number of ether oxygens (including phenoxy) is 3. The summed E-state index contributed by atoms with van der Waals surface area (Å²) in [6, 6.07) is 0. The SMILES string of the molecule is CC[C@@H]1COC2C1C[C@H](OCC13CC4C(CC[C@H]4C)[C@]4(C=O)CC1C=C(C(C)C)C34C(=O)O)O[C@@H]2C. The summed E-state index contributed by atoms with van der Waals surface area (Å²) in [4.78, 5) is 26.8. The van der Waals surface area contributed by atoms with Crippen molar-refractivity contribution in [1.29, 1.82) is 0 Å². The van der Waals surface area contributed by atoms with Crippen molar-refractivity contribution in [2.45, 2.75) is 91.6 Å². The molecule has 4 aliphatic carbocycles. The average Bonchev–Trinajstić information content (AvgIpc) is 3.55. The lowest BCUT2D eigenvalue weighted by Crippen LogP contribution is -2.63. The molecule has 0 spiro atoms. The number of hydrogen-bond acceptors (Lipinski definition) is 5. The molecule has 0 aromatic heterocycles. The van der Waals surface area contributed by atoms with Crippen LogP contribution in [0, 0.1) is 57.7 Å². The number of rotatable bonds is 7. The van der Waals surface area contributed by atoms with Gasteiger partial charge in [-0.15, -0.1) is 0 Å². The van der Waals surface area contributed by atoms with E-state index in [4.69, 9.17) is 14.2 Å². The van der Waals surface area contributed by atoms with Gasteiger partial charge in [0.25, 0.3) is 0 Å². The van der Waals surface area contributed by atoms with Crippen molar-refractivity contribution in [3.63, 3.8) is 0 Å². The highest BCUT2D eigenvalue weighted by atomic mass is 16.7. The number of aldehydes is 1.